The second kappa shape index (κ2) is 9.50. The molecule has 2 nitrogen and oxygen atoms in total. The lowest BCUT2D eigenvalue weighted by Gasteiger charge is -2.34. The summed E-state index contributed by atoms with van der Waals surface area (Å²) in [5.41, 5.74) is 9.59. The Bertz CT molecular complexity index is 2580. The molecule has 8 aromatic carbocycles. The van der Waals surface area contributed by atoms with Gasteiger partial charge in [-0.15, -0.1) is 0 Å². The van der Waals surface area contributed by atoms with E-state index in [1.807, 2.05) is 24.3 Å². The summed E-state index contributed by atoms with van der Waals surface area (Å²) < 4.78 is 6.31. The summed E-state index contributed by atoms with van der Waals surface area (Å²) in [4.78, 5) is 4.89. The van der Waals surface area contributed by atoms with Gasteiger partial charge in [0.1, 0.15) is 5.52 Å². The van der Waals surface area contributed by atoms with Gasteiger partial charge in [-0.05, 0) is 96.0 Å². The van der Waals surface area contributed by atoms with E-state index in [1.165, 1.54) is 65.7 Å². The van der Waals surface area contributed by atoms with Crippen LogP contribution in [0.4, 0.5) is 0 Å². The van der Waals surface area contributed by atoms with Crippen molar-refractivity contribution in [2.45, 2.75) is 5.41 Å². The van der Waals surface area contributed by atoms with Crippen LogP contribution in [0.25, 0.3) is 66.0 Å². The Balaban J connectivity index is 1.33. The number of fused-ring (bicyclic) bond motifs is 10. The van der Waals surface area contributed by atoms with E-state index in [-0.39, 0.29) is 0 Å². The van der Waals surface area contributed by atoms with Crippen LogP contribution in [-0.4, -0.2) is 4.98 Å². The van der Waals surface area contributed by atoms with Crippen LogP contribution in [0.3, 0.4) is 0 Å². The molecule has 1 unspecified atom stereocenters. The number of rotatable bonds is 3. The Hall–Kier alpha value is -5.99. The second-order valence-corrected chi connectivity index (χ2v) is 12.3. The van der Waals surface area contributed by atoms with Gasteiger partial charge in [0.05, 0.1) is 5.41 Å². The van der Waals surface area contributed by atoms with Crippen LogP contribution < -0.4 is 0 Å². The van der Waals surface area contributed by atoms with Crippen molar-refractivity contribution in [1.82, 2.24) is 4.98 Å². The molecule has 1 atom stereocenters. The molecule has 1 aromatic heterocycles. The van der Waals surface area contributed by atoms with Gasteiger partial charge in [0.2, 0.25) is 5.89 Å². The number of para-hydroxylation sites is 2. The van der Waals surface area contributed by atoms with Crippen molar-refractivity contribution in [3.63, 3.8) is 0 Å². The average molecular weight is 586 g/mol. The lowest BCUT2D eigenvalue weighted by molar-refractivity contribution is 0.619. The Morgan fingerprint density at radius 2 is 1.02 bits per heavy atom. The van der Waals surface area contributed by atoms with Crippen LogP contribution in [0.2, 0.25) is 0 Å². The number of hydrogen-bond donors (Lipinski definition) is 0. The molecule has 0 N–H and O–H groups in total. The third-order valence-corrected chi connectivity index (χ3v) is 9.97. The number of hydrogen-bond acceptors (Lipinski definition) is 2. The molecule has 2 heteroatoms. The monoisotopic (exact) mass is 585 g/mol. The highest BCUT2D eigenvalue weighted by atomic mass is 16.3. The number of aromatic nitrogens is 1. The minimum atomic E-state index is -0.545. The molecule has 0 aliphatic heterocycles. The zero-order valence-corrected chi connectivity index (χ0v) is 24.9. The third kappa shape index (κ3) is 3.39. The Kier molecular flexibility index (Phi) is 5.24. The zero-order chi connectivity index (χ0) is 30.2. The molecule has 1 heterocycles. The van der Waals surface area contributed by atoms with E-state index in [2.05, 4.69) is 140 Å². The van der Waals surface area contributed by atoms with Gasteiger partial charge in [-0.25, -0.2) is 4.98 Å². The van der Waals surface area contributed by atoms with Gasteiger partial charge in [-0.3, -0.25) is 0 Å². The molecule has 0 radical (unpaired) electrons. The van der Waals surface area contributed by atoms with Crippen molar-refractivity contribution in [2.24, 2.45) is 0 Å². The van der Waals surface area contributed by atoms with E-state index in [4.69, 9.17) is 9.40 Å². The van der Waals surface area contributed by atoms with Gasteiger partial charge in [0.15, 0.2) is 5.58 Å². The molecule has 9 aromatic rings. The van der Waals surface area contributed by atoms with Gasteiger partial charge in [-0.2, -0.15) is 0 Å². The van der Waals surface area contributed by atoms with Crippen molar-refractivity contribution in [3.8, 4) is 22.6 Å². The minimum Gasteiger partial charge on any atom is -0.436 e. The fourth-order valence-electron chi connectivity index (χ4n) is 8.03. The summed E-state index contributed by atoms with van der Waals surface area (Å²) in [7, 11) is 0. The summed E-state index contributed by atoms with van der Waals surface area (Å²) in [5.74, 6) is 0.637. The predicted octanol–water partition coefficient (Wildman–Crippen LogP) is 11.3. The molecule has 0 spiro atoms. The summed E-state index contributed by atoms with van der Waals surface area (Å²) in [6, 6.07) is 59.3. The normalized spacial score (nSPS) is 15.5. The van der Waals surface area contributed by atoms with Gasteiger partial charge in [-0.1, -0.05) is 133 Å². The molecule has 0 fully saturated rings. The van der Waals surface area contributed by atoms with Crippen LogP contribution >= 0.6 is 0 Å². The smallest absolute Gasteiger partial charge is 0.227 e. The van der Waals surface area contributed by atoms with Crippen molar-refractivity contribution < 1.29 is 4.42 Å². The van der Waals surface area contributed by atoms with E-state index < -0.39 is 5.41 Å². The number of benzene rings is 8. The first-order valence-corrected chi connectivity index (χ1v) is 15.8. The molecule has 46 heavy (non-hydrogen) atoms. The highest BCUT2D eigenvalue weighted by Crippen LogP contribution is 2.57. The maximum Gasteiger partial charge on any atom is 0.227 e. The summed E-state index contributed by atoms with van der Waals surface area (Å²) in [6.07, 6.45) is 0. The summed E-state index contributed by atoms with van der Waals surface area (Å²) in [6.45, 7) is 0. The Morgan fingerprint density at radius 3 is 1.78 bits per heavy atom. The maximum atomic E-state index is 6.31. The van der Waals surface area contributed by atoms with Gasteiger partial charge < -0.3 is 4.42 Å². The van der Waals surface area contributed by atoms with Crippen molar-refractivity contribution in [2.75, 3.05) is 0 Å². The molecule has 0 saturated heterocycles. The topological polar surface area (TPSA) is 26.0 Å². The van der Waals surface area contributed by atoms with Crippen molar-refractivity contribution in [3.05, 3.63) is 186 Å². The standard InChI is InChI=1S/C44H27NO/c1-2-12-29(13-3-1)44(30-23-25-35-33-16-5-4-14-31(33)32-15-6-7-17-34(32)38(35)27-30)39-19-9-8-18-36(39)37-24-22-28(26-40(37)44)43-45-41-20-10-11-21-42(41)46-43/h1-27H. The van der Waals surface area contributed by atoms with E-state index in [9.17, 15) is 0 Å². The maximum absolute atomic E-state index is 6.31. The van der Waals surface area contributed by atoms with E-state index in [1.54, 1.807) is 0 Å². The molecule has 1 aliphatic carbocycles. The van der Waals surface area contributed by atoms with Crippen LogP contribution in [-0.2, 0) is 5.41 Å². The molecule has 0 amide bonds. The zero-order valence-electron chi connectivity index (χ0n) is 24.9. The average Bonchev–Trinajstić information content (AvgIpc) is 3.70. The summed E-state index contributed by atoms with van der Waals surface area (Å²) in [5, 5.41) is 7.66. The van der Waals surface area contributed by atoms with Gasteiger partial charge in [0, 0.05) is 5.56 Å². The second-order valence-electron chi connectivity index (χ2n) is 12.3. The summed E-state index contributed by atoms with van der Waals surface area (Å²) >= 11 is 0. The Labute approximate surface area is 266 Å². The van der Waals surface area contributed by atoms with Gasteiger partial charge >= 0.3 is 0 Å². The van der Waals surface area contributed by atoms with E-state index in [0.717, 1.165) is 16.7 Å². The molecule has 0 saturated carbocycles. The Morgan fingerprint density at radius 1 is 0.413 bits per heavy atom. The molecular formula is C44H27NO. The van der Waals surface area contributed by atoms with Crippen LogP contribution in [0.15, 0.2) is 168 Å². The fourth-order valence-corrected chi connectivity index (χ4v) is 8.03. The molecule has 1 aliphatic rings. The minimum absolute atomic E-state index is 0.545. The van der Waals surface area contributed by atoms with Crippen LogP contribution in [0, 0.1) is 0 Å². The number of oxazole rings is 1. The van der Waals surface area contributed by atoms with Gasteiger partial charge in [0.25, 0.3) is 0 Å². The SMILES string of the molecule is c1ccc(C2(c3ccc4c5ccccc5c5ccccc5c4c3)c3ccccc3-c3ccc(-c4nc5ccccc5o4)cc32)cc1. The lowest BCUT2D eigenvalue weighted by Crippen LogP contribution is -2.28. The first-order valence-electron chi connectivity index (χ1n) is 15.8. The number of nitrogens with zero attached hydrogens (tertiary/aromatic N) is 1. The molecule has 10 rings (SSSR count). The first-order chi connectivity index (χ1) is 22.8. The van der Waals surface area contributed by atoms with E-state index in [0.29, 0.717) is 5.89 Å². The lowest BCUT2D eigenvalue weighted by atomic mass is 9.67. The van der Waals surface area contributed by atoms with Crippen LogP contribution in [0.5, 0.6) is 0 Å². The quantitative estimate of drug-likeness (QED) is 0.193. The molecule has 0 bridgehead atoms. The fraction of sp³-hybridized carbons (Fsp3) is 0.0227. The van der Waals surface area contributed by atoms with Crippen LogP contribution in [0.1, 0.15) is 22.3 Å². The predicted molar refractivity (Wildman–Crippen MR) is 189 cm³/mol. The molecule has 214 valence electrons. The highest BCUT2D eigenvalue weighted by molar-refractivity contribution is 6.25. The van der Waals surface area contributed by atoms with Crippen molar-refractivity contribution >= 4 is 43.4 Å². The first kappa shape index (κ1) is 25.3. The largest absolute Gasteiger partial charge is 0.436 e. The third-order valence-electron chi connectivity index (χ3n) is 9.97. The van der Waals surface area contributed by atoms with E-state index >= 15 is 0 Å². The molecular weight excluding hydrogens is 558 g/mol. The highest BCUT2D eigenvalue weighted by Gasteiger charge is 2.46. The van der Waals surface area contributed by atoms with Crippen molar-refractivity contribution in [1.29, 1.82) is 0 Å².